The highest BCUT2D eigenvalue weighted by atomic mass is 35.5. The van der Waals surface area contributed by atoms with E-state index in [9.17, 15) is 19.5 Å². The lowest BCUT2D eigenvalue weighted by molar-refractivity contribution is -0.139. The number of nitrogens with zero attached hydrogens (tertiary/aromatic N) is 2. The molecule has 208 valence electrons. The summed E-state index contributed by atoms with van der Waals surface area (Å²) in [5, 5.41) is 28.2. The molecule has 1 heterocycles. The number of benzene rings is 3. The number of halogens is 1. The van der Waals surface area contributed by atoms with Gasteiger partial charge in [-0.1, -0.05) is 59.2 Å². The number of rotatable bonds is 9. The molecule has 0 saturated carbocycles. The summed E-state index contributed by atoms with van der Waals surface area (Å²) in [6.07, 6.45) is -1.30. The third kappa shape index (κ3) is 7.09. The van der Waals surface area contributed by atoms with Crippen molar-refractivity contribution in [3.63, 3.8) is 0 Å². The number of carboxylic acid groups (broad SMARTS) is 1. The Morgan fingerprint density at radius 3 is 2.39 bits per heavy atom. The van der Waals surface area contributed by atoms with Crippen LogP contribution in [-0.2, 0) is 16.0 Å². The van der Waals surface area contributed by atoms with Gasteiger partial charge in [-0.15, -0.1) is 0 Å². The van der Waals surface area contributed by atoms with Crippen LogP contribution in [0.2, 0.25) is 5.02 Å². The van der Waals surface area contributed by atoms with Crippen LogP contribution in [0.5, 0.6) is 0 Å². The second kappa shape index (κ2) is 12.8. The van der Waals surface area contributed by atoms with Crippen LogP contribution in [0.1, 0.15) is 45.8 Å². The lowest BCUT2D eigenvalue weighted by Gasteiger charge is -2.16. The first-order chi connectivity index (χ1) is 19.7. The van der Waals surface area contributed by atoms with E-state index in [1.54, 1.807) is 74.5 Å². The molecular formula is C30H25ClN4O6. The van der Waals surface area contributed by atoms with Gasteiger partial charge < -0.3 is 19.7 Å². The number of carboxylic acids is 1. The van der Waals surface area contributed by atoms with Crippen molar-refractivity contribution in [1.82, 2.24) is 10.5 Å². The second-order valence-electron chi connectivity index (χ2n) is 9.12. The molecule has 0 fully saturated rings. The van der Waals surface area contributed by atoms with Crippen LogP contribution in [0.15, 0.2) is 77.3 Å². The first kappa shape index (κ1) is 28.9. The number of hydrogen-bond acceptors (Lipinski definition) is 7. The third-order valence-electron chi connectivity index (χ3n) is 6.25. The fourth-order valence-electron chi connectivity index (χ4n) is 4.04. The molecule has 41 heavy (non-hydrogen) atoms. The summed E-state index contributed by atoms with van der Waals surface area (Å²) in [5.41, 5.74) is 3.22. The van der Waals surface area contributed by atoms with E-state index in [0.29, 0.717) is 38.7 Å². The van der Waals surface area contributed by atoms with E-state index in [1.165, 1.54) is 12.1 Å². The van der Waals surface area contributed by atoms with E-state index in [4.69, 9.17) is 26.1 Å². The van der Waals surface area contributed by atoms with Crippen LogP contribution in [0.25, 0.3) is 11.3 Å². The summed E-state index contributed by atoms with van der Waals surface area (Å²) in [7, 11) is 0. The molecule has 3 N–H and O–H groups in total. The fourth-order valence-corrected chi connectivity index (χ4v) is 4.33. The van der Waals surface area contributed by atoms with E-state index in [1.807, 2.05) is 6.07 Å². The maximum atomic E-state index is 12.8. The summed E-state index contributed by atoms with van der Waals surface area (Å²) >= 11 is 6.20. The molecule has 0 saturated heterocycles. The number of anilines is 1. The van der Waals surface area contributed by atoms with Gasteiger partial charge in [0.05, 0.1) is 11.6 Å². The van der Waals surface area contributed by atoms with Gasteiger partial charge in [0, 0.05) is 28.1 Å². The summed E-state index contributed by atoms with van der Waals surface area (Å²) < 4.78 is 10.9. The van der Waals surface area contributed by atoms with Crippen molar-refractivity contribution < 1.29 is 28.8 Å². The van der Waals surface area contributed by atoms with E-state index in [2.05, 4.69) is 15.8 Å². The lowest BCUT2D eigenvalue weighted by Crippen LogP contribution is -2.42. The molecule has 3 aromatic carbocycles. The van der Waals surface area contributed by atoms with Crippen LogP contribution in [-0.4, -0.2) is 34.3 Å². The Labute approximate surface area is 240 Å². The highest BCUT2D eigenvalue weighted by Crippen LogP contribution is 2.32. The molecule has 0 radical (unpaired) electrons. The Kier molecular flexibility index (Phi) is 9.02. The smallest absolute Gasteiger partial charge is 0.412 e. The molecule has 10 nitrogen and oxygen atoms in total. The zero-order valence-electron chi connectivity index (χ0n) is 22.1. The van der Waals surface area contributed by atoms with Gasteiger partial charge in [0.1, 0.15) is 23.5 Å². The topological polar surface area (TPSA) is 155 Å². The predicted octanol–water partition coefficient (Wildman–Crippen LogP) is 5.91. The van der Waals surface area contributed by atoms with Crippen molar-refractivity contribution in [2.75, 3.05) is 5.32 Å². The average molecular weight is 573 g/mol. The molecule has 2 amide bonds. The minimum atomic E-state index is -1.19. The monoisotopic (exact) mass is 572 g/mol. The van der Waals surface area contributed by atoms with Crippen LogP contribution >= 0.6 is 11.6 Å². The molecule has 0 spiro atoms. The minimum Gasteiger partial charge on any atom is -0.480 e. The number of ether oxygens (including phenoxy) is 1. The van der Waals surface area contributed by atoms with Gasteiger partial charge in [-0.2, -0.15) is 5.26 Å². The Balaban J connectivity index is 1.43. The van der Waals surface area contributed by atoms with E-state index < -0.39 is 30.1 Å². The Morgan fingerprint density at radius 2 is 1.76 bits per heavy atom. The maximum absolute atomic E-state index is 12.8. The van der Waals surface area contributed by atoms with Gasteiger partial charge in [-0.25, -0.2) is 9.59 Å². The molecule has 0 bridgehead atoms. The summed E-state index contributed by atoms with van der Waals surface area (Å²) in [6, 6.07) is 20.5. The van der Waals surface area contributed by atoms with Crippen LogP contribution in [0.4, 0.5) is 10.5 Å². The number of carbonyl (C=O) groups excluding carboxylic acids is 2. The number of nitrogens with one attached hydrogen (secondary N) is 2. The molecule has 0 aliphatic carbocycles. The Morgan fingerprint density at radius 1 is 1.07 bits per heavy atom. The van der Waals surface area contributed by atoms with Crippen molar-refractivity contribution in [2.24, 2.45) is 0 Å². The quantitative estimate of drug-likeness (QED) is 0.223. The number of amides is 2. The second-order valence-corrected chi connectivity index (χ2v) is 9.53. The fraction of sp³-hybridized carbons (Fsp3) is 0.167. The van der Waals surface area contributed by atoms with Crippen LogP contribution < -0.4 is 10.6 Å². The zero-order chi connectivity index (χ0) is 29.5. The molecule has 2 atom stereocenters. The Bertz CT molecular complexity index is 1610. The van der Waals surface area contributed by atoms with Crippen LogP contribution in [0, 0.1) is 18.3 Å². The summed E-state index contributed by atoms with van der Waals surface area (Å²) in [4.78, 5) is 37.3. The zero-order valence-corrected chi connectivity index (χ0v) is 22.8. The van der Waals surface area contributed by atoms with Crippen molar-refractivity contribution in [3.8, 4) is 17.4 Å². The number of aromatic nitrogens is 1. The Hall–Kier alpha value is -5.14. The molecule has 11 heteroatoms. The van der Waals surface area contributed by atoms with Crippen LogP contribution in [0.3, 0.4) is 0 Å². The molecule has 1 aromatic heterocycles. The van der Waals surface area contributed by atoms with Crippen molar-refractivity contribution in [3.05, 3.63) is 106 Å². The standard InChI is InChI=1S/C30H25ClN4O6/c1-17-26(34-30(39)40-18(2)23-5-3-4-6-24(23)31)27(41-35-17)21-11-13-22(14-12-21)28(36)33-25(29(37)38)15-19-7-9-20(16-32)10-8-19/h3-14,18,25H,15H2,1-2H3,(H,33,36)(H,34,39)(H,37,38)/t18?,25-/m1/s1. The van der Waals surface area contributed by atoms with Crippen molar-refractivity contribution in [1.29, 1.82) is 5.26 Å². The van der Waals surface area contributed by atoms with Gasteiger partial charge in [0.25, 0.3) is 5.91 Å². The van der Waals surface area contributed by atoms with E-state index in [-0.39, 0.29) is 17.7 Å². The predicted molar refractivity (Wildman–Crippen MR) is 150 cm³/mol. The van der Waals surface area contributed by atoms with Gasteiger partial charge in [-0.3, -0.25) is 10.1 Å². The summed E-state index contributed by atoms with van der Waals surface area (Å²) in [5.74, 6) is -1.52. The van der Waals surface area contributed by atoms with Gasteiger partial charge in [-0.05, 0) is 49.7 Å². The molecule has 0 aliphatic heterocycles. The van der Waals surface area contributed by atoms with E-state index >= 15 is 0 Å². The molecule has 0 aliphatic rings. The highest BCUT2D eigenvalue weighted by Gasteiger charge is 2.23. The number of carbonyl (C=O) groups is 3. The average Bonchev–Trinajstić information content (AvgIpc) is 3.32. The van der Waals surface area contributed by atoms with Gasteiger partial charge in [0.15, 0.2) is 5.76 Å². The number of hydrogen-bond donors (Lipinski definition) is 3. The first-order valence-electron chi connectivity index (χ1n) is 12.5. The first-order valence-corrected chi connectivity index (χ1v) is 12.9. The third-order valence-corrected chi connectivity index (χ3v) is 6.60. The summed E-state index contributed by atoms with van der Waals surface area (Å²) in [6.45, 7) is 3.35. The molecule has 4 aromatic rings. The van der Waals surface area contributed by atoms with Crippen molar-refractivity contribution >= 4 is 35.3 Å². The van der Waals surface area contributed by atoms with Crippen molar-refractivity contribution in [2.45, 2.75) is 32.4 Å². The normalized spacial score (nSPS) is 12.0. The number of aryl methyl sites for hydroxylation is 1. The van der Waals surface area contributed by atoms with Gasteiger partial charge >= 0.3 is 12.1 Å². The minimum absolute atomic E-state index is 0.0441. The largest absolute Gasteiger partial charge is 0.480 e. The number of aliphatic carboxylic acids is 1. The highest BCUT2D eigenvalue weighted by molar-refractivity contribution is 6.31. The van der Waals surface area contributed by atoms with Gasteiger partial charge in [0.2, 0.25) is 0 Å². The lowest BCUT2D eigenvalue weighted by atomic mass is 10.0. The number of nitriles is 1. The molecule has 4 rings (SSSR count). The molecule has 1 unspecified atom stereocenters. The SMILES string of the molecule is Cc1noc(-c2ccc(C(=O)N[C@H](Cc3ccc(C#N)cc3)C(=O)O)cc2)c1NC(=O)OC(C)c1ccccc1Cl. The van der Waals surface area contributed by atoms with E-state index in [0.717, 1.165) is 0 Å². The maximum Gasteiger partial charge on any atom is 0.412 e. The molecular weight excluding hydrogens is 548 g/mol.